The van der Waals surface area contributed by atoms with Crippen molar-refractivity contribution < 1.29 is 9.53 Å². The Bertz CT molecular complexity index is 233. The van der Waals surface area contributed by atoms with E-state index in [1.54, 1.807) is 11.3 Å². The minimum absolute atomic E-state index is 0.0799. The van der Waals surface area contributed by atoms with Crippen LogP contribution in [0.5, 0.6) is 0 Å². The molecule has 1 aromatic rings. The predicted octanol–water partition coefficient (Wildman–Crippen LogP) is 1.01. The third-order valence-electron chi connectivity index (χ3n) is 1.35. The molecule has 0 aromatic carbocycles. The van der Waals surface area contributed by atoms with Crippen molar-refractivity contribution in [3.63, 3.8) is 0 Å². The Labute approximate surface area is 75.4 Å². The summed E-state index contributed by atoms with van der Waals surface area (Å²) in [4.78, 5) is 10.9. The molecule has 0 bridgehead atoms. The van der Waals surface area contributed by atoms with Crippen LogP contribution in [-0.4, -0.2) is 19.6 Å². The van der Waals surface area contributed by atoms with Gasteiger partial charge in [0.2, 0.25) is 5.91 Å². The maximum Gasteiger partial charge on any atom is 0.246 e. The van der Waals surface area contributed by atoms with E-state index in [-0.39, 0.29) is 12.5 Å². The Morgan fingerprint density at radius 2 is 2.58 bits per heavy atom. The van der Waals surface area contributed by atoms with Crippen molar-refractivity contribution in [2.45, 2.75) is 6.54 Å². The first kappa shape index (κ1) is 9.22. The van der Waals surface area contributed by atoms with E-state index in [4.69, 9.17) is 0 Å². The molecule has 3 nitrogen and oxygen atoms in total. The lowest BCUT2D eigenvalue weighted by molar-refractivity contribution is -0.124. The van der Waals surface area contributed by atoms with Crippen LogP contribution in [0.25, 0.3) is 0 Å². The number of carbonyl (C=O) groups is 1. The molecule has 0 aliphatic heterocycles. The Morgan fingerprint density at radius 1 is 1.75 bits per heavy atom. The first-order chi connectivity index (χ1) is 5.83. The van der Waals surface area contributed by atoms with Crippen molar-refractivity contribution in [3.05, 3.63) is 22.4 Å². The highest BCUT2D eigenvalue weighted by Crippen LogP contribution is 2.04. The minimum Gasteiger partial charge on any atom is -0.375 e. The molecule has 0 spiro atoms. The van der Waals surface area contributed by atoms with E-state index < -0.39 is 0 Å². The highest BCUT2D eigenvalue weighted by molar-refractivity contribution is 7.07. The topological polar surface area (TPSA) is 38.3 Å². The second kappa shape index (κ2) is 4.90. The summed E-state index contributed by atoms with van der Waals surface area (Å²) in [5.41, 5.74) is 1.13. The second-order valence-electron chi connectivity index (χ2n) is 2.34. The molecule has 0 unspecified atom stereocenters. The lowest BCUT2D eigenvalue weighted by Gasteiger charge is -2.01. The van der Waals surface area contributed by atoms with Crippen molar-refractivity contribution in [3.8, 4) is 0 Å². The number of methoxy groups -OCH3 is 1. The van der Waals surface area contributed by atoms with Gasteiger partial charge in [-0.2, -0.15) is 11.3 Å². The van der Waals surface area contributed by atoms with E-state index >= 15 is 0 Å². The van der Waals surface area contributed by atoms with Gasteiger partial charge in [0.25, 0.3) is 0 Å². The summed E-state index contributed by atoms with van der Waals surface area (Å²) in [5, 5.41) is 6.72. The molecule has 12 heavy (non-hydrogen) atoms. The molecular formula is C8H11NO2S. The fourth-order valence-electron chi connectivity index (χ4n) is 0.776. The Morgan fingerprint density at radius 3 is 3.17 bits per heavy atom. The largest absolute Gasteiger partial charge is 0.375 e. The zero-order valence-electron chi connectivity index (χ0n) is 6.87. The highest BCUT2D eigenvalue weighted by atomic mass is 32.1. The first-order valence-corrected chi connectivity index (χ1v) is 4.54. The molecule has 0 atom stereocenters. The summed E-state index contributed by atoms with van der Waals surface area (Å²) in [6.07, 6.45) is 0. The predicted molar refractivity (Wildman–Crippen MR) is 48.0 cm³/mol. The smallest absolute Gasteiger partial charge is 0.246 e. The fraction of sp³-hybridized carbons (Fsp3) is 0.375. The van der Waals surface area contributed by atoms with Gasteiger partial charge in [-0.1, -0.05) is 0 Å². The molecule has 1 N–H and O–H groups in total. The van der Waals surface area contributed by atoms with Crippen LogP contribution in [0.2, 0.25) is 0 Å². The standard InChI is InChI=1S/C8H11NO2S/c1-11-5-8(10)9-4-7-2-3-12-6-7/h2-3,6H,4-5H2,1H3,(H,9,10). The third-order valence-corrected chi connectivity index (χ3v) is 2.08. The average Bonchev–Trinajstić information content (AvgIpc) is 2.53. The Hall–Kier alpha value is -0.870. The van der Waals surface area contributed by atoms with Crippen LogP contribution in [0.3, 0.4) is 0 Å². The normalized spacial score (nSPS) is 9.75. The molecule has 1 rings (SSSR count). The van der Waals surface area contributed by atoms with Gasteiger partial charge in [0.05, 0.1) is 0 Å². The van der Waals surface area contributed by atoms with Gasteiger partial charge >= 0.3 is 0 Å². The van der Waals surface area contributed by atoms with Crippen LogP contribution in [0, 0.1) is 0 Å². The summed E-state index contributed by atoms with van der Waals surface area (Å²) >= 11 is 1.62. The number of nitrogens with one attached hydrogen (secondary N) is 1. The number of hydrogen-bond donors (Lipinski definition) is 1. The summed E-state index contributed by atoms with van der Waals surface area (Å²) < 4.78 is 4.66. The van der Waals surface area contributed by atoms with E-state index in [0.717, 1.165) is 5.56 Å². The molecule has 1 aromatic heterocycles. The van der Waals surface area contributed by atoms with E-state index in [2.05, 4.69) is 10.1 Å². The van der Waals surface area contributed by atoms with Crippen LogP contribution >= 0.6 is 11.3 Å². The fourth-order valence-corrected chi connectivity index (χ4v) is 1.44. The quantitative estimate of drug-likeness (QED) is 0.760. The van der Waals surface area contributed by atoms with Crippen molar-refractivity contribution >= 4 is 17.2 Å². The molecule has 0 radical (unpaired) electrons. The molecule has 0 saturated heterocycles. The summed E-state index contributed by atoms with van der Waals surface area (Å²) in [6, 6.07) is 1.98. The maximum absolute atomic E-state index is 10.9. The van der Waals surface area contributed by atoms with Gasteiger partial charge in [-0.15, -0.1) is 0 Å². The molecule has 66 valence electrons. The zero-order chi connectivity index (χ0) is 8.81. The van der Waals surface area contributed by atoms with Crippen LogP contribution in [0.4, 0.5) is 0 Å². The SMILES string of the molecule is COCC(=O)NCc1ccsc1. The van der Waals surface area contributed by atoms with Gasteiger partial charge in [0.15, 0.2) is 0 Å². The van der Waals surface area contributed by atoms with Crippen LogP contribution in [0.1, 0.15) is 5.56 Å². The number of ether oxygens (including phenoxy) is 1. The maximum atomic E-state index is 10.9. The molecule has 0 aliphatic carbocycles. The van der Waals surface area contributed by atoms with Gasteiger partial charge in [0.1, 0.15) is 6.61 Å². The lowest BCUT2D eigenvalue weighted by Crippen LogP contribution is -2.26. The molecule has 0 saturated carbocycles. The second-order valence-corrected chi connectivity index (χ2v) is 3.12. The molecule has 1 heterocycles. The zero-order valence-corrected chi connectivity index (χ0v) is 7.69. The number of rotatable bonds is 4. The highest BCUT2D eigenvalue weighted by Gasteiger charge is 1.98. The third kappa shape index (κ3) is 3.02. The van der Waals surface area contributed by atoms with Gasteiger partial charge in [-0.25, -0.2) is 0 Å². The summed E-state index contributed by atoms with van der Waals surface area (Å²) in [5.74, 6) is -0.0799. The van der Waals surface area contributed by atoms with E-state index in [1.807, 2.05) is 16.8 Å². The van der Waals surface area contributed by atoms with E-state index in [1.165, 1.54) is 7.11 Å². The Kier molecular flexibility index (Phi) is 3.76. The van der Waals surface area contributed by atoms with Gasteiger partial charge in [0, 0.05) is 13.7 Å². The first-order valence-electron chi connectivity index (χ1n) is 3.59. The summed E-state index contributed by atoms with van der Waals surface area (Å²) in [7, 11) is 1.50. The number of thiophene rings is 1. The average molecular weight is 185 g/mol. The van der Waals surface area contributed by atoms with Gasteiger partial charge in [-0.3, -0.25) is 4.79 Å². The molecule has 1 amide bonds. The molecule has 4 heteroatoms. The van der Waals surface area contributed by atoms with Crippen LogP contribution in [-0.2, 0) is 16.1 Å². The molecule has 0 aliphatic rings. The van der Waals surface area contributed by atoms with E-state index in [0.29, 0.717) is 6.54 Å². The Balaban J connectivity index is 2.22. The summed E-state index contributed by atoms with van der Waals surface area (Å²) in [6.45, 7) is 0.718. The van der Waals surface area contributed by atoms with Crippen molar-refractivity contribution in [2.24, 2.45) is 0 Å². The monoisotopic (exact) mass is 185 g/mol. The van der Waals surface area contributed by atoms with Crippen LogP contribution in [0.15, 0.2) is 16.8 Å². The van der Waals surface area contributed by atoms with Crippen LogP contribution < -0.4 is 5.32 Å². The molecule has 0 fully saturated rings. The van der Waals surface area contributed by atoms with Crippen molar-refractivity contribution in [1.29, 1.82) is 0 Å². The lowest BCUT2D eigenvalue weighted by atomic mass is 10.3. The molecular weight excluding hydrogens is 174 g/mol. The van der Waals surface area contributed by atoms with Gasteiger partial charge < -0.3 is 10.1 Å². The van der Waals surface area contributed by atoms with Gasteiger partial charge in [-0.05, 0) is 22.4 Å². The number of carbonyl (C=O) groups excluding carboxylic acids is 1. The number of hydrogen-bond acceptors (Lipinski definition) is 3. The van der Waals surface area contributed by atoms with Crippen molar-refractivity contribution in [1.82, 2.24) is 5.32 Å². The van der Waals surface area contributed by atoms with Crippen molar-refractivity contribution in [2.75, 3.05) is 13.7 Å². The minimum atomic E-state index is -0.0799. The van der Waals surface area contributed by atoms with E-state index in [9.17, 15) is 4.79 Å². The number of amides is 1.